The molecule has 0 aromatic heterocycles. The van der Waals surface area contributed by atoms with Crippen LogP contribution in [0.4, 0.5) is 0 Å². The van der Waals surface area contributed by atoms with Crippen molar-refractivity contribution in [1.82, 2.24) is 0 Å². The van der Waals surface area contributed by atoms with E-state index in [4.69, 9.17) is 4.74 Å². The van der Waals surface area contributed by atoms with Gasteiger partial charge in [0.2, 0.25) is 0 Å². The van der Waals surface area contributed by atoms with E-state index in [1.165, 1.54) is 15.9 Å². The Labute approximate surface area is 207 Å². The Morgan fingerprint density at radius 2 is 0.943 bits per heavy atom. The Morgan fingerprint density at radius 3 is 1.40 bits per heavy atom. The predicted octanol–water partition coefficient (Wildman–Crippen LogP) is 6.77. The van der Waals surface area contributed by atoms with Crippen molar-refractivity contribution in [3.63, 3.8) is 0 Å². The van der Waals surface area contributed by atoms with Gasteiger partial charge in [0.05, 0.1) is 0 Å². The van der Waals surface area contributed by atoms with E-state index >= 15 is 0 Å². The van der Waals surface area contributed by atoms with Crippen LogP contribution in [0.3, 0.4) is 0 Å². The van der Waals surface area contributed by atoms with Crippen molar-refractivity contribution < 1.29 is 4.74 Å². The fourth-order valence-electron chi connectivity index (χ4n) is 4.91. The molecule has 0 spiro atoms. The van der Waals surface area contributed by atoms with E-state index in [0.29, 0.717) is 0 Å². The summed E-state index contributed by atoms with van der Waals surface area (Å²) in [5, 5.41) is 14.4. The summed E-state index contributed by atoms with van der Waals surface area (Å²) in [7, 11) is -2.83. The molecule has 0 aliphatic heterocycles. The van der Waals surface area contributed by atoms with Crippen molar-refractivity contribution in [2.45, 2.75) is 5.66 Å². The van der Waals surface area contributed by atoms with Crippen LogP contribution in [0.2, 0.25) is 0 Å². The van der Waals surface area contributed by atoms with E-state index in [9.17, 15) is 5.26 Å². The van der Waals surface area contributed by atoms with Crippen molar-refractivity contribution in [2.24, 2.45) is 0 Å². The van der Waals surface area contributed by atoms with Gasteiger partial charge in [-0.15, -0.1) is 0 Å². The predicted molar refractivity (Wildman–Crippen MR) is 148 cm³/mol. The van der Waals surface area contributed by atoms with Crippen LogP contribution >= 0.6 is 7.26 Å². The van der Waals surface area contributed by atoms with Crippen LogP contribution in [0.25, 0.3) is 0 Å². The van der Waals surface area contributed by atoms with Crippen LogP contribution in [0, 0.1) is 11.3 Å². The third kappa shape index (κ3) is 4.47. The van der Waals surface area contributed by atoms with Crippen molar-refractivity contribution in [3.05, 3.63) is 151 Å². The molecule has 0 bridgehead atoms. The summed E-state index contributed by atoms with van der Waals surface area (Å²) < 4.78 is 6.15. The number of benzene rings is 5. The van der Waals surface area contributed by atoms with Gasteiger partial charge < -0.3 is 0 Å². The van der Waals surface area contributed by atoms with Gasteiger partial charge >= 0.3 is 208 Å². The second-order valence-electron chi connectivity index (χ2n) is 8.46. The molecule has 170 valence electrons. The van der Waals surface area contributed by atoms with Gasteiger partial charge in [0.1, 0.15) is 0 Å². The first-order valence-corrected chi connectivity index (χ1v) is 13.8. The molecule has 0 aliphatic rings. The van der Waals surface area contributed by atoms with Crippen molar-refractivity contribution in [1.29, 1.82) is 5.26 Å². The fraction of sp³-hybridized carbons (Fsp3) is 0.0312. The van der Waals surface area contributed by atoms with Crippen LogP contribution < -0.4 is 20.7 Å². The van der Waals surface area contributed by atoms with E-state index in [1.54, 1.807) is 0 Å². The summed E-state index contributed by atoms with van der Waals surface area (Å²) in [6.45, 7) is 0. The van der Waals surface area contributed by atoms with E-state index < -0.39 is 7.26 Å². The van der Waals surface area contributed by atoms with Gasteiger partial charge in [0, 0.05) is 0 Å². The normalized spacial score (nSPS) is 12.3. The van der Waals surface area contributed by atoms with Crippen LogP contribution in [0.5, 0.6) is 11.5 Å². The van der Waals surface area contributed by atoms with Crippen LogP contribution in [-0.2, 0) is 0 Å². The number of para-hydroxylation sites is 1. The first kappa shape index (κ1) is 22.6. The zero-order valence-electron chi connectivity index (χ0n) is 19.3. The number of nitriles is 1. The fourth-order valence-corrected chi connectivity index (χ4v) is 9.93. The van der Waals surface area contributed by atoms with Gasteiger partial charge in [-0.2, -0.15) is 0 Å². The van der Waals surface area contributed by atoms with Gasteiger partial charge in [-0.3, -0.25) is 0 Å². The van der Waals surface area contributed by atoms with Gasteiger partial charge in [-0.05, 0) is 0 Å². The molecule has 0 radical (unpaired) electrons. The van der Waals surface area contributed by atoms with Gasteiger partial charge in [0.25, 0.3) is 0 Å². The summed E-state index contributed by atoms with van der Waals surface area (Å²) in [4.78, 5) is 0. The molecule has 3 heteroatoms. The quantitative estimate of drug-likeness (QED) is 0.245. The molecular weight excluding hydrogens is 445 g/mol. The molecule has 0 fully saturated rings. The van der Waals surface area contributed by atoms with Crippen molar-refractivity contribution in [3.8, 4) is 17.6 Å². The molecule has 5 aromatic rings. The van der Waals surface area contributed by atoms with E-state index in [-0.39, 0.29) is 5.66 Å². The van der Waals surface area contributed by atoms with Crippen LogP contribution in [0.15, 0.2) is 146 Å². The Hall–Kier alpha value is -4.18. The second-order valence-corrected chi connectivity index (χ2v) is 12.4. The SMILES string of the molecule is N#CC(c1cccc(Oc2ccccc2)c1)[PH](c1ccccc1)(c1ccccc1)c1ccccc1. The second kappa shape index (κ2) is 10.4. The number of ether oxygens (including phenoxy) is 1. The van der Waals surface area contributed by atoms with Crippen molar-refractivity contribution >= 4 is 23.2 Å². The summed E-state index contributed by atoms with van der Waals surface area (Å²) in [6.07, 6.45) is 0. The van der Waals surface area contributed by atoms with E-state index in [2.05, 4.69) is 84.9 Å². The summed E-state index contributed by atoms with van der Waals surface area (Å²) in [6, 6.07) is 52.2. The Morgan fingerprint density at radius 1 is 0.514 bits per heavy atom. The molecule has 0 amide bonds. The molecule has 2 nitrogen and oxygen atoms in total. The van der Waals surface area contributed by atoms with Crippen molar-refractivity contribution in [2.75, 3.05) is 0 Å². The van der Waals surface area contributed by atoms with Crippen LogP contribution in [0.1, 0.15) is 11.2 Å². The third-order valence-corrected chi connectivity index (χ3v) is 11.5. The summed E-state index contributed by atoms with van der Waals surface area (Å²) in [5.74, 6) is 1.50. The van der Waals surface area contributed by atoms with Crippen LogP contribution in [-0.4, -0.2) is 0 Å². The number of hydrogen-bond donors (Lipinski definition) is 0. The standard InChI is InChI=1S/C32H26NOP/c33-25-32(26-14-13-17-28(24-26)34-27-15-5-1-6-16-27)35(29-18-7-2-8-19-29,30-20-9-3-10-21-30)31-22-11-4-12-23-31/h1-24,32,35H. The van der Waals surface area contributed by atoms with E-state index in [1.807, 2.05) is 66.7 Å². The molecule has 1 unspecified atom stereocenters. The first-order chi connectivity index (χ1) is 17.3. The topological polar surface area (TPSA) is 33.0 Å². The minimum absolute atomic E-state index is 0.367. The Kier molecular flexibility index (Phi) is 6.71. The molecule has 0 N–H and O–H groups in total. The van der Waals surface area contributed by atoms with Gasteiger partial charge in [-0.25, -0.2) is 0 Å². The molecule has 5 rings (SSSR count). The Balaban J connectivity index is 1.74. The third-order valence-electron chi connectivity index (χ3n) is 6.42. The first-order valence-electron chi connectivity index (χ1n) is 11.7. The zero-order valence-corrected chi connectivity index (χ0v) is 20.3. The van der Waals surface area contributed by atoms with Gasteiger partial charge in [0.15, 0.2) is 0 Å². The molecule has 35 heavy (non-hydrogen) atoms. The van der Waals surface area contributed by atoms with Gasteiger partial charge in [-0.1, -0.05) is 0 Å². The molecular formula is C32H26NOP. The minimum atomic E-state index is -2.83. The molecule has 0 heterocycles. The summed E-state index contributed by atoms with van der Waals surface area (Å²) >= 11 is 0. The molecule has 0 aliphatic carbocycles. The number of hydrogen-bond acceptors (Lipinski definition) is 2. The molecule has 0 saturated carbocycles. The molecule has 1 atom stereocenters. The maximum atomic E-state index is 10.8. The monoisotopic (exact) mass is 471 g/mol. The number of nitrogens with zero attached hydrogens (tertiary/aromatic N) is 1. The van der Waals surface area contributed by atoms with E-state index in [0.717, 1.165) is 17.1 Å². The summed E-state index contributed by atoms with van der Waals surface area (Å²) in [5.41, 5.74) is 0.596. The number of rotatable bonds is 7. The molecule has 5 aromatic carbocycles. The zero-order chi connectivity index (χ0) is 23.9. The average molecular weight is 472 g/mol. The Bertz CT molecular complexity index is 1320. The molecule has 0 saturated heterocycles. The average Bonchev–Trinajstić information content (AvgIpc) is 2.94. The maximum absolute atomic E-state index is 10.8.